The second-order valence-corrected chi connectivity index (χ2v) is 4.30. The highest BCUT2D eigenvalue weighted by atomic mass is 16.2. The highest BCUT2D eigenvalue weighted by Crippen LogP contribution is 2.18. The van der Waals surface area contributed by atoms with Gasteiger partial charge in [-0.3, -0.25) is 4.79 Å². The van der Waals surface area contributed by atoms with Gasteiger partial charge in [-0.05, 0) is 18.6 Å². The minimum atomic E-state index is 0.132. The molecule has 0 unspecified atom stereocenters. The first-order chi connectivity index (χ1) is 8.76. The Kier molecular flexibility index (Phi) is 3.99. The summed E-state index contributed by atoms with van der Waals surface area (Å²) in [5, 5.41) is 1.12. The Morgan fingerprint density at radius 2 is 2.17 bits per heavy atom. The molecule has 4 heteroatoms. The van der Waals surface area contributed by atoms with E-state index < -0.39 is 0 Å². The molecule has 0 saturated heterocycles. The van der Waals surface area contributed by atoms with Crippen LogP contribution in [0.1, 0.15) is 12.5 Å². The number of hydrogen-bond acceptors (Lipinski definition) is 2. The summed E-state index contributed by atoms with van der Waals surface area (Å²) in [4.78, 5) is 17.1. The number of fused-ring (bicyclic) bond motifs is 1. The molecule has 4 nitrogen and oxygen atoms in total. The van der Waals surface area contributed by atoms with Gasteiger partial charge in [-0.1, -0.05) is 18.2 Å². The van der Waals surface area contributed by atoms with Crippen LogP contribution in [0.25, 0.3) is 10.9 Å². The standard InChI is InChI=1S/C14H19N3O/c1-2-17(8-7-15)14(18)9-11-10-16-13-6-4-3-5-12(11)13/h3-6,10,16H,2,7-9,15H2,1H3. The average molecular weight is 245 g/mol. The van der Waals surface area contributed by atoms with Crippen molar-refractivity contribution in [3.05, 3.63) is 36.0 Å². The van der Waals surface area contributed by atoms with Crippen molar-refractivity contribution in [1.29, 1.82) is 0 Å². The Hall–Kier alpha value is -1.81. The third-order valence-corrected chi connectivity index (χ3v) is 3.15. The van der Waals surface area contributed by atoms with Crippen LogP contribution >= 0.6 is 0 Å². The molecular weight excluding hydrogens is 226 g/mol. The molecule has 0 spiro atoms. The number of carbonyl (C=O) groups excluding carboxylic acids is 1. The number of H-pyrrole nitrogens is 1. The number of benzene rings is 1. The molecule has 96 valence electrons. The molecule has 2 aromatic rings. The molecule has 1 amide bonds. The summed E-state index contributed by atoms with van der Waals surface area (Å²) in [6, 6.07) is 8.02. The molecule has 0 aliphatic carbocycles. The van der Waals surface area contributed by atoms with Crippen molar-refractivity contribution in [3.8, 4) is 0 Å². The first kappa shape index (κ1) is 12.6. The largest absolute Gasteiger partial charge is 0.361 e. The van der Waals surface area contributed by atoms with Crippen molar-refractivity contribution in [3.63, 3.8) is 0 Å². The van der Waals surface area contributed by atoms with Gasteiger partial charge in [0.05, 0.1) is 6.42 Å². The van der Waals surface area contributed by atoms with Crippen molar-refractivity contribution in [2.75, 3.05) is 19.6 Å². The van der Waals surface area contributed by atoms with Crippen molar-refractivity contribution < 1.29 is 4.79 Å². The number of likely N-dealkylation sites (N-methyl/N-ethyl adjacent to an activating group) is 1. The number of hydrogen-bond donors (Lipinski definition) is 2. The van der Waals surface area contributed by atoms with E-state index >= 15 is 0 Å². The molecule has 3 N–H and O–H groups in total. The lowest BCUT2D eigenvalue weighted by molar-refractivity contribution is -0.130. The fourth-order valence-corrected chi connectivity index (χ4v) is 2.17. The maximum absolute atomic E-state index is 12.1. The van der Waals surface area contributed by atoms with Gasteiger partial charge in [0, 0.05) is 36.7 Å². The Morgan fingerprint density at radius 1 is 1.39 bits per heavy atom. The van der Waals surface area contributed by atoms with E-state index in [4.69, 9.17) is 5.73 Å². The van der Waals surface area contributed by atoms with Crippen LogP contribution in [0.5, 0.6) is 0 Å². The maximum Gasteiger partial charge on any atom is 0.227 e. The van der Waals surface area contributed by atoms with E-state index in [0.29, 0.717) is 26.1 Å². The Labute approximate surface area is 107 Å². The first-order valence-electron chi connectivity index (χ1n) is 6.29. The summed E-state index contributed by atoms with van der Waals surface area (Å²) >= 11 is 0. The molecule has 0 aliphatic heterocycles. The molecule has 0 atom stereocenters. The van der Waals surface area contributed by atoms with Crippen molar-refractivity contribution in [2.24, 2.45) is 5.73 Å². The van der Waals surface area contributed by atoms with Crippen LogP contribution in [0.15, 0.2) is 30.5 Å². The molecule has 1 aromatic carbocycles. The monoisotopic (exact) mass is 245 g/mol. The van der Waals surface area contributed by atoms with E-state index in [-0.39, 0.29) is 5.91 Å². The fourth-order valence-electron chi connectivity index (χ4n) is 2.17. The normalized spacial score (nSPS) is 10.8. The van der Waals surface area contributed by atoms with Crippen LogP contribution in [0.3, 0.4) is 0 Å². The summed E-state index contributed by atoms with van der Waals surface area (Å²) in [6.45, 7) is 3.81. The topological polar surface area (TPSA) is 62.1 Å². The van der Waals surface area contributed by atoms with Gasteiger partial charge in [-0.2, -0.15) is 0 Å². The van der Waals surface area contributed by atoms with Gasteiger partial charge in [0.2, 0.25) is 5.91 Å². The van der Waals surface area contributed by atoms with Crippen LogP contribution in [-0.2, 0) is 11.2 Å². The number of carbonyl (C=O) groups is 1. The Morgan fingerprint density at radius 3 is 2.89 bits per heavy atom. The van der Waals surface area contributed by atoms with Gasteiger partial charge in [0.15, 0.2) is 0 Å². The molecular formula is C14H19N3O. The van der Waals surface area contributed by atoms with E-state index in [0.717, 1.165) is 16.5 Å². The van der Waals surface area contributed by atoms with Crippen LogP contribution in [0.2, 0.25) is 0 Å². The minimum absolute atomic E-state index is 0.132. The van der Waals surface area contributed by atoms with Gasteiger partial charge in [-0.15, -0.1) is 0 Å². The highest BCUT2D eigenvalue weighted by molar-refractivity contribution is 5.88. The Bertz CT molecular complexity index is 533. The molecule has 0 saturated carbocycles. The molecule has 2 rings (SSSR count). The molecule has 0 aliphatic rings. The van der Waals surface area contributed by atoms with E-state index in [1.54, 1.807) is 4.90 Å². The smallest absolute Gasteiger partial charge is 0.227 e. The predicted molar refractivity (Wildman–Crippen MR) is 73.3 cm³/mol. The fraction of sp³-hybridized carbons (Fsp3) is 0.357. The lowest BCUT2D eigenvalue weighted by Crippen LogP contribution is -2.36. The number of aromatic amines is 1. The second-order valence-electron chi connectivity index (χ2n) is 4.30. The van der Waals surface area contributed by atoms with Gasteiger partial charge in [-0.25, -0.2) is 0 Å². The van der Waals surface area contributed by atoms with Gasteiger partial charge in [0.1, 0.15) is 0 Å². The second kappa shape index (κ2) is 5.69. The van der Waals surface area contributed by atoms with Crippen LogP contribution < -0.4 is 5.73 Å². The van der Waals surface area contributed by atoms with Crippen LogP contribution in [0, 0.1) is 0 Å². The highest BCUT2D eigenvalue weighted by Gasteiger charge is 2.13. The Balaban J connectivity index is 2.16. The van der Waals surface area contributed by atoms with E-state index in [2.05, 4.69) is 4.98 Å². The maximum atomic E-state index is 12.1. The minimum Gasteiger partial charge on any atom is -0.361 e. The third-order valence-electron chi connectivity index (χ3n) is 3.15. The van der Waals surface area contributed by atoms with Crippen LogP contribution in [0.4, 0.5) is 0 Å². The summed E-state index contributed by atoms with van der Waals surface area (Å²) < 4.78 is 0. The lowest BCUT2D eigenvalue weighted by Gasteiger charge is -2.19. The average Bonchev–Trinajstić information content (AvgIpc) is 2.79. The number of nitrogens with zero attached hydrogens (tertiary/aromatic N) is 1. The summed E-state index contributed by atoms with van der Waals surface area (Å²) in [7, 11) is 0. The number of para-hydroxylation sites is 1. The SMILES string of the molecule is CCN(CCN)C(=O)Cc1c[nH]c2ccccc12. The van der Waals surface area contributed by atoms with E-state index in [9.17, 15) is 4.79 Å². The molecule has 0 radical (unpaired) electrons. The van der Waals surface area contributed by atoms with Crippen molar-refractivity contribution in [2.45, 2.75) is 13.3 Å². The van der Waals surface area contributed by atoms with Crippen molar-refractivity contribution in [1.82, 2.24) is 9.88 Å². The number of nitrogens with two attached hydrogens (primary N) is 1. The number of nitrogens with one attached hydrogen (secondary N) is 1. The van der Waals surface area contributed by atoms with Gasteiger partial charge in [0.25, 0.3) is 0 Å². The number of aromatic nitrogens is 1. The molecule has 0 fully saturated rings. The lowest BCUT2D eigenvalue weighted by atomic mass is 10.1. The van der Waals surface area contributed by atoms with E-state index in [1.807, 2.05) is 37.4 Å². The third kappa shape index (κ3) is 2.54. The molecule has 0 bridgehead atoms. The predicted octanol–water partition coefficient (Wildman–Crippen LogP) is 1.52. The summed E-state index contributed by atoms with van der Waals surface area (Å²) in [5.74, 6) is 0.132. The summed E-state index contributed by atoms with van der Waals surface area (Å²) in [5.41, 5.74) is 7.63. The quantitative estimate of drug-likeness (QED) is 0.839. The van der Waals surface area contributed by atoms with Gasteiger partial charge >= 0.3 is 0 Å². The van der Waals surface area contributed by atoms with Crippen molar-refractivity contribution >= 4 is 16.8 Å². The van der Waals surface area contributed by atoms with E-state index in [1.165, 1.54) is 0 Å². The van der Waals surface area contributed by atoms with Gasteiger partial charge < -0.3 is 15.6 Å². The first-order valence-corrected chi connectivity index (χ1v) is 6.29. The zero-order valence-electron chi connectivity index (χ0n) is 10.6. The molecule has 18 heavy (non-hydrogen) atoms. The molecule has 1 heterocycles. The molecule has 1 aromatic heterocycles. The number of rotatable bonds is 5. The number of amides is 1. The summed E-state index contributed by atoms with van der Waals surface area (Å²) in [6.07, 6.45) is 2.34. The zero-order valence-corrected chi connectivity index (χ0v) is 10.6. The van der Waals surface area contributed by atoms with Crippen LogP contribution in [-0.4, -0.2) is 35.4 Å². The zero-order chi connectivity index (χ0) is 13.0.